The smallest absolute Gasteiger partial charge is 0.263 e. The topological polar surface area (TPSA) is 54.3 Å². The van der Waals surface area contributed by atoms with Crippen LogP contribution in [-0.4, -0.2) is 30.1 Å². The van der Waals surface area contributed by atoms with Gasteiger partial charge in [0, 0.05) is 31.5 Å². The minimum atomic E-state index is -0.335. The number of amides is 1. The van der Waals surface area contributed by atoms with Gasteiger partial charge in [-0.05, 0) is 43.2 Å². The van der Waals surface area contributed by atoms with E-state index in [1.807, 2.05) is 42.5 Å². The third-order valence-corrected chi connectivity index (χ3v) is 4.97. The summed E-state index contributed by atoms with van der Waals surface area (Å²) < 4.78 is 1.57. The lowest BCUT2D eigenvalue weighted by molar-refractivity contribution is 0.0952. The minimum Gasteiger partial charge on any atom is -0.370 e. The van der Waals surface area contributed by atoms with Crippen molar-refractivity contribution in [1.29, 1.82) is 0 Å². The zero-order chi connectivity index (χ0) is 20.6. The molecule has 0 saturated heterocycles. The number of rotatable bonds is 8. The molecule has 150 valence electrons. The zero-order valence-electron chi connectivity index (χ0n) is 17.0. The molecule has 0 unspecified atom stereocenters. The first-order valence-electron chi connectivity index (χ1n) is 9.92. The highest BCUT2D eigenvalue weighted by molar-refractivity contribution is 5.93. The molecule has 0 fully saturated rings. The first-order valence-corrected chi connectivity index (χ1v) is 9.92. The molecule has 2 aromatic carbocycles. The van der Waals surface area contributed by atoms with E-state index in [0.29, 0.717) is 19.6 Å². The lowest BCUT2D eigenvalue weighted by atomic mass is 10.2. The molecule has 5 nitrogen and oxygen atoms in total. The zero-order valence-corrected chi connectivity index (χ0v) is 17.0. The molecule has 0 spiro atoms. The van der Waals surface area contributed by atoms with Crippen molar-refractivity contribution in [2.75, 3.05) is 24.5 Å². The fourth-order valence-corrected chi connectivity index (χ4v) is 3.38. The Balaban J connectivity index is 1.64. The maximum atomic E-state index is 12.7. The molecule has 0 aliphatic rings. The van der Waals surface area contributed by atoms with Crippen LogP contribution < -0.4 is 15.8 Å². The van der Waals surface area contributed by atoms with E-state index in [-0.39, 0.29) is 17.0 Å². The van der Waals surface area contributed by atoms with Crippen molar-refractivity contribution >= 4 is 11.6 Å². The minimum absolute atomic E-state index is 0.169. The van der Waals surface area contributed by atoms with Crippen LogP contribution in [0, 0.1) is 6.92 Å². The van der Waals surface area contributed by atoms with Gasteiger partial charge in [-0.25, -0.2) is 0 Å². The summed E-state index contributed by atoms with van der Waals surface area (Å²) in [5.74, 6) is -0.335. The summed E-state index contributed by atoms with van der Waals surface area (Å²) in [6.45, 7) is 6.60. The number of carbonyl (C=O) groups is 1. The molecule has 1 N–H and O–H groups in total. The van der Waals surface area contributed by atoms with Gasteiger partial charge in [-0.2, -0.15) is 0 Å². The monoisotopic (exact) mass is 389 g/mol. The van der Waals surface area contributed by atoms with E-state index in [1.165, 1.54) is 5.56 Å². The summed E-state index contributed by atoms with van der Waals surface area (Å²) in [4.78, 5) is 27.5. The van der Waals surface area contributed by atoms with E-state index in [4.69, 9.17) is 0 Å². The van der Waals surface area contributed by atoms with E-state index in [9.17, 15) is 9.59 Å². The van der Waals surface area contributed by atoms with Crippen molar-refractivity contribution in [3.05, 3.63) is 100.0 Å². The maximum Gasteiger partial charge on any atom is 0.263 e. The number of anilines is 1. The molecule has 3 aromatic rings. The van der Waals surface area contributed by atoms with Gasteiger partial charge in [0.15, 0.2) is 0 Å². The molecule has 0 saturated carbocycles. The van der Waals surface area contributed by atoms with Gasteiger partial charge in [0.1, 0.15) is 5.56 Å². The Morgan fingerprint density at radius 2 is 1.72 bits per heavy atom. The lowest BCUT2D eigenvalue weighted by Crippen LogP contribution is -2.38. The molecule has 1 aromatic heterocycles. The number of para-hydroxylation sites is 1. The highest BCUT2D eigenvalue weighted by atomic mass is 16.2. The van der Waals surface area contributed by atoms with Crippen LogP contribution in [-0.2, 0) is 6.54 Å². The van der Waals surface area contributed by atoms with Gasteiger partial charge in [-0.3, -0.25) is 9.59 Å². The average Bonchev–Trinajstić information content (AvgIpc) is 2.74. The normalized spacial score (nSPS) is 10.6. The molecule has 0 aliphatic carbocycles. The van der Waals surface area contributed by atoms with Crippen LogP contribution in [0.4, 0.5) is 5.69 Å². The highest BCUT2D eigenvalue weighted by Gasteiger charge is 2.13. The number of aryl methyl sites for hydroxylation is 1. The van der Waals surface area contributed by atoms with Crippen molar-refractivity contribution in [3.63, 3.8) is 0 Å². The van der Waals surface area contributed by atoms with Gasteiger partial charge in [-0.15, -0.1) is 0 Å². The first-order chi connectivity index (χ1) is 14.1. The second kappa shape index (κ2) is 9.73. The second-order valence-corrected chi connectivity index (χ2v) is 6.96. The van der Waals surface area contributed by atoms with Crippen LogP contribution in [0.15, 0.2) is 77.7 Å². The van der Waals surface area contributed by atoms with E-state index >= 15 is 0 Å². The number of nitrogens with zero attached hydrogens (tertiary/aromatic N) is 2. The predicted molar refractivity (Wildman–Crippen MR) is 118 cm³/mol. The first kappa shape index (κ1) is 20.4. The average molecular weight is 389 g/mol. The number of aromatic nitrogens is 1. The summed E-state index contributed by atoms with van der Waals surface area (Å²) in [5.41, 5.74) is 3.27. The van der Waals surface area contributed by atoms with Gasteiger partial charge in [0.25, 0.3) is 11.5 Å². The molecule has 0 atom stereocenters. The van der Waals surface area contributed by atoms with Gasteiger partial charge in [-0.1, -0.05) is 48.5 Å². The molecule has 29 heavy (non-hydrogen) atoms. The van der Waals surface area contributed by atoms with Crippen molar-refractivity contribution in [2.45, 2.75) is 20.4 Å². The molecule has 0 aliphatic heterocycles. The quantitative estimate of drug-likeness (QED) is 0.642. The van der Waals surface area contributed by atoms with Crippen molar-refractivity contribution in [1.82, 2.24) is 9.88 Å². The molecule has 1 heterocycles. The van der Waals surface area contributed by atoms with Crippen LogP contribution in [0.2, 0.25) is 0 Å². The molecule has 0 bridgehead atoms. The SMILES string of the molecule is CCN(CCNC(=O)c1cccn(Cc2ccccc2)c1=O)c1ccccc1C. The van der Waals surface area contributed by atoms with Gasteiger partial charge < -0.3 is 14.8 Å². The van der Waals surface area contributed by atoms with Crippen molar-refractivity contribution in [3.8, 4) is 0 Å². The Bertz CT molecular complexity index is 1010. The fraction of sp³-hybridized carbons (Fsp3) is 0.250. The van der Waals surface area contributed by atoms with E-state index in [1.54, 1.807) is 22.9 Å². The van der Waals surface area contributed by atoms with Crippen molar-refractivity contribution < 1.29 is 4.79 Å². The Kier molecular flexibility index (Phi) is 6.85. The largest absolute Gasteiger partial charge is 0.370 e. The van der Waals surface area contributed by atoms with E-state index in [0.717, 1.165) is 17.8 Å². The number of hydrogen-bond acceptors (Lipinski definition) is 3. The van der Waals surface area contributed by atoms with Crippen LogP contribution in [0.25, 0.3) is 0 Å². The Labute approximate surface area is 171 Å². The Morgan fingerprint density at radius 3 is 2.45 bits per heavy atom. The molecule has 0 radical (unpaired) electrons. The number of hydrogen-bond donors (Lipinski definition) is 1. The predicted octanol–water partition coefficient (Wildman–Crippen LogP) is 3.46. The summed E-state index contributed by atoms with van der Waals surface area (Å²) in [7, 11) is 0. The molecule has 5 heteroatoms. The molecular formula is C24H27N3O2. The molecule has 1 amide bonds. The van der Waals surface area contributed by atoms with E-state index in [2.05, 4.69) is 36.2 Å². The summed E-state index contributed by atoms with van der Waals surface area (Å²) >= 11 is 0. The Morgan fingerprint density at radius 1 is 1.00 bits per heavy atom. The number of benzene rings is 2. The number of carbonyl (C=O) groups excluding carboxylic acids is 1. The third kappa shape index (κ3) is 5.13. The van der Waals surface area contributed by atoms with Crippen LogP contribution >= 0.6 is 0 Å². The van der Waals surface area contributed by atoms with Crippen molar-refractivity contribution in [2.24, 2.45) is 0 Å². The second-order valence-electron chi connectivity index (χ2n) is 6.96. The van der Waals surface area contributed by atoms with Gasteiger partial charge in [0.2, 0.25) is 0 Å². The van der Waals surface area contributed by atoms with Crippen LogP contribution in [0.5, 0.6) is 0 Å². The van der Waals surface area contributed by atoms with Crippen LogP contribution in [0.1, 0.15) is 28.4 Å². The van der Waals surface area contributed by atoms with E-state index < -0.39 is 0 Å². The third-order valence-electron chi connectivity index (χ3n) is 4.97. The summed E-state index contributed by atoms with van der Waals surface area (Å²) in [5, 5.41) is 2.89. The summed E-state index contributed by atoms with van der Waals surface area (Å²) in [6, 6.07) is 21.3. The number of nitrogens with one attached hydrogen (secondary N) is 1. The molecule has 3 rings (SSSR count). The fourth-order valence-electron chi connectivity index (χ4n) is 3.38. The molecular weight excluding hydrogens is 362 g/mol. The highest BCUT2D eigenvalue weighted by Crippen LogP contribution is 2.18. The lowest BCUT2D eigenvalue weighted by Gasteiger charge is -2.25. The van der Waals surface area contributed by atoms with Gasteiger partial charge >= 0.3 is 0 Å². The Hall–Kier alpha value is -3.34. The standard InChI is InChI=1S/C24H27N3O2/c1-3-26(22-14-8-7-10-19(22)2)17-15-25-23(28)21-13-9-16-27(24(21)29)18-20-11-5-4-6-12-20/h4-14,16H,3,15,17-18H2,1-2H3,(H,25,28). The number of pyridine rings is 1. The van der Waals surface area contributed by atoms with Crippen LogP contribution in [0.3, 0.4) is 0 Å². The van der Waals surface area contributed by atoms with Gasteiger partial charge in [0.05, 0.1) is 6.54 Å². The summed E-state index contributed by atoms with van der Waals surface area (Å²) in [6.07, 6.45) is 1.71. The number of likely N-dealkylation sites (N-methyl/N-ethyl adjacent to an activating group) is 1. The maximum absolute atomic E-state index is 12.7.